The molecule has 2 fully saturated rings. The van der Waals surface area contributed by atoms with Gasteiger partial charge in [-0.05, 0) is 44.0 Å². The van der Waals surface area contributed by atoms with Crippen LogP contribution in [-0.4, -0.2) is 68.1 Å². The molecule has 0 aliphatic carbocycles. The van der Waals surface area contributed by atoms with Gasteiger partial charge in [0.05, 0.1) is 12.2 Å². The summed E-state index contributed by atoms with van der Waals surface area (Å²) >= 11 is 0. The van der Waals surface area contributed by atoms with Crippen LogP contribution in [0.3, 0.4) is 0 Å². The summed E-state index contributed by atoms with van der Waals surface area (Å²) in [7, 11) is 2.14. The highest BCUT2D eigenvalue weighted by Crippen LogP contribution is 2.26. The molecule has 0 amide bonds. The summed E-state index contributed by atoms with van der Waals surface area (Å²) in [4.78, 5) is 4.79. The van der Waals surface area contributed by atoms with Crippen LogP contribution in [0, 0.1) is 0 Å². The average Bonchev–Trinajstić information content (AvgIpc) is 2.97. The minimum atomic E-state index is -4.65. The largest absolute Gasteiger partial charge is 0.573 e. The first-order valence-electron chi connectivity index (χ1n) is 8.78. The van der Waals surface area contributed by atoms with Crippen LogP contribution in [0.1, 0.15) is 18.4 Å². The van der Waals surface area contributed by atoms with Crippen molar-refractivity contribution in [2.45, 2.75) is 37.8 Å². The van der Waals surface area contributed by atoms with E-state index >= 15 is 0 Å². The average molecular weight is 358 g/mol. The van der Waals surface area contributed by atoms with Gasteiger partial charge in [0.25, 0.3) is 0 Å². The Morgan fingerprint density at radius 1 is 1.04 bits per heavy atom. The molecule has 7 heteroatoms. The van der Waals surface area contributed by atoms with E-state index in [0.29, 0.717) is 0 Å². The molecule has 2 saturated heterocycles. The molecule has 2 heterocycles. The van der Waals surface area contributed by atoms with Crippen LogP contribution >= 0.6 is 0 Å². The predicted molar refractivity (Wildman–Crippen MR) is 88.7 cm³/mol. The third kappa shape index (κ3) is 5.87. The summed E-state index contributed by atoms with van der Waals surface area (Å²) in [6.07, 6.45) is -1.46. The lowest BCUT2D eigenvalue weighted by atomic mass is 10.1. The van der Waals surface area contributed by atoms with Crippen LogP contribution in [0.5, 0.6) is 5.75 Å². The lowest BCUT2D eigenvalue weighted by Crippen LogP contribution is -2.47. The zero-order chi connectivity index (χ0) is 17.9. The molecule has 3 rings (SSSR count). The van der Waals surface area contributed by atoms with E-state index in [-0.39, 0.29) is 18.0 Å². The van der Waals surface area contributed by atoms with E-state index < -0.39 is 6.36 Å². The molecule has 4 nitrogen and oxygen atoms in total. The van der Waals surface area contributed by atoms with Gasteiger partial charge in [-0.1, -0.05) is 12.1 Å². The van der Waals surface area contributed by atoms with Gasteiger partial charge >= 0.3 is 6.36 Å². The van der Waals surface area contributed by atoms with Crippen molar-refractivity contribution in [3.63, 3.8) is 0 Å². The third-order valence-corrected chi connectivity index (χ3v) is 4.87. The molecular weight excluding hydrogens is 333 g/mol. The summed E-state index contributed by atoms with van der Waals surface area (Å²) in [6.45, 7) is 5.34. The van der Waals surface area contributed by atoms with Crippen LogP contribution in [0.4, 0.5) is 13.2 Å². The van der Waals surface area contributed by atoms with Crippen molar-refractivity contribution < 1.29 is 22.6 Å². The van der Waals surface area contributed by atoms with E-state index in [2.05, 4.69) is 21.6 Å². The summed E-state index contributed by atoms with van der Waals surface area (Å²) < 4.78 is 46.6. The molecule has 0 spiro atoms. The van der Waals surface area contributed by atoms with Crippen LogP contribution in [-0.2, 0) is 11.2 Å². The van der Waals surface area contributed by atoms with E-state index in [0.717, 1.165) is 57.5 Å². The van der Waals surface area contributed by atoms with Gasteiger partial charge in [-0.3, -0.25) is 4.90 Å². The molecule has 0 aromatic heterocycles. The van der Waals surface area contributed by atoms with Gasteiger partial charge < -0.3 is 14.4 Å². The Morgan fingerprint density at radius 2 is 1.68 bits per heavy atom. The highest BCUT2D eigenvalue weighted by Gasteiger charge is 2.31. The molecule has 0 unspecified atom stereocenters. The number of rotatable bonds is 5. The quantitative estimate of drug-likeness (QED) is 0.808. The van der Waals surface area contributed by atoms with Gasteiger partial charge in [-0.25, -0.2) is 0 Å². The van der Waals surface area contributed by atoms with E-state index in [9.17, 15) is 13.2 Å². The summed E-state index contributed by atoms with van der Waals surface area (Å²) in [6, 6.07) is 6.08. The van der Waals surface area contributed by atoms with E-state index in [1.807, 2.05) is 0 Å². The third-order valence-electron chi connectivity index (χ3n) is 4.87. The van der Waals surface area contributed by atoms with Gasteiger partial charge in [0.2, 0.25) is 0 Å². The molecule has 140 valence electrons. The smallest absolute Gasteiger partial charge is 0.406 e. The predicted octanol–water partition coefficient (Wildman–Crippen LogP) is 2.92. The zero-order valence-electron chi connectivity index (χ0n) is 14.5. The number of hydrogen-bond donors (Lipinski definition) is 0. The molecule has 0 saturated carbocycles. The number of likely N-dealkylation sites (N-methyl/N-ethyl adjacent to an activating group) is 1. The number of halogens is 3. The van der Waals surface area contributed by atoms with Crippen molar-refractivity contribution >= 4 is 0 Å². The van der Waals surface area contributed by atoms with Gasteiger partial charge in [0.1, 0.15) is 5.75 Å². The summed E-state index contributed by atoms with van der Waals surface area (Å²) in [5.74, 6) is -0.184. The van der Waals surface area contributed by atoms with Gasteiger partial charge in [0, 0.05) is 32.7 Å². The van der Waals surface area contributed by atoms with Crippen LogP contribution in [0.15, 0.2) is 24.3 Å². The molecule has 0 bridgehead atoms. The monoisotopic (exact) mass is 358 g/mol. The normalized spacial score (nSPS) is 26.1. The second-order valence-corrected chi connectivity index (χ2v) is 6.96. The Hall–Kier alpha value is -1.31. The molecule has 1 aromatic carbocycles. The van der Waals surface area contributed by atoms with Crippen molar-refractivity contribution in [3.8, 4) is 5.75 Å². The SMILES string of the molecule is CN1CCN(C[C@@H]2CC[C@H](Cc3ccc(OC(F)(F)F)cc3)O2)CC1. The van der Waals surface area contributed by atoms with Crippen molar-refractivity contribution in [2.75, 3.05) is 39.8 Å². The van der Waals surface area contributed by atoms with Crippen molar-refractivity contribution in [1.82, 2.24) is 9.80 Å². The minimum absolute atomic E-state index is 0.145. The van der Waals surface area contributed by atoms with E-state index in [1.165, 1.54) is 12.1 Å². The van der Waals surface area contributed by atoms with Gasteiger partial charge in [-0.2, -0.15) is 0 Å². The van der Waals surface area contributed by atoms with E-state index in [1.54, 1.807) is 12.1 Å². The topological polar surface area (TPSA) is 24.9 Å². The van der Waals surface area contributed by atoms with Crippen LogP contribution < -0.4 is 4.74 Å². The number of alkyl halides is 3. The van der Waals surface area contributed by atoms with Crippen molar-refractivity contribution in [1.29, 1.82) is 0 Å². The number of piperazine rings is 1. The maximum absolute atomic E-state index is 12.2. The Bertz CT molecular complexity index is 542. The molecule has 2 aliphatic rings. The standard InChI is InChI=1S/C18H25F3N2O2/c1-22-8-10-23(11-9-22)13-17-7-6-16(24-17)12-14-2-4-15(5-3-14)25-18(19,20)21/h2-5,16-17H,6-13H2,1H3/t16-,17+/m1/s1. The number of benzene rings is 1. The maximum Gasteiger partial charge on any atom is 0.573 e. The Kier molecular flexibility index (Phi) is 5.86. The van der Waals surface area contributed by atoms with Crippen molar-refractivity contribution in [2.24, 2.45) is 0 Å². The number of hydrogen-bond acceptors (Lipinski definition) is 4. The highest BCUT2D eigenvalue weighted by molar-refractivity contribution is 5.27. The Morgan fingerprint density at radius 3 is 2.32 bits per heavy atom. The molecule has 1 aromatic rings. The molecule has 25 heavy (non-hydrogen) atoms. The van der Waals surface area contributed by atoms with Gasteiger partial charge in [0.15, 0.2) is 0 Å². The number of ether oxygens (including phenoxy) is 2. The molecule has 0 radical (unpaired) electrons. The molecule has 2 atom stereocenters. The fourth-order valence-electron chi connectivity index (χ4n) is 3.47. The molecular formula is C18H25F3N2O2. The Labute approximate surface area is 146 Å². The van der Waals surface area contributed by atoms with Crippen LogP contribution in [0.2, 0.25) is 0 Å². The lowest BCUT2D eigenvalue weighted by Gasteiger charge is -2.33. The Balaban J connectivity index is 1.43. The number of nitrogens with zero attached hydrogens (tertiary/aromatic N) is 2. The first-order chi connectivity index (χ1) is 11.9. The van der Waals surface area contributed by atoms with Gasteiger partial charge in [-0.15, -0.1) is 13.2 Å². The second-order valence-electron chi connectivity index (χ2n) is 6.96. The first-order valence-corrected chi connectivity index (χ1v) is 8.78. The maximum atomic E-state index is 12.2. The van der Waals surface area contributed by atoms with Crippen molar-refractivity contribution in [3.05, 3.63) is 29.8 Å². The lowest BCUT2D eigenvalue weighted by molar-refractivity contribution is -0.274. The molecule has 0 N–H and O–H groups in total. The van der Waals surface area contributed by atoms with Crippen LogP contribution in [0.25, 0.3) is 0 Å². The first kappa shape index (κ1) is 18.5. The fraction of sp³-hybridized carbons (Fsp3) is 0.667. The molecule has 2 aliphatic heterocycles. The summed E-state index contributed by atoms with van der Waals surface area (Å²) in [5, 5.41) is 0. The fourth-order valence-corrected chi connectivity index (χ4v) is 3.47. The zero-order valence-corrected chi connectivity index (χ0v) is 14.5. The second kappa shape index (κ2) is 7.93. The minimum Gasteiger partial charge on any atom is -0.406 e. The van der Waals surface area contributed by atoms with E-state index in [4.69, 9.17) is 4.74 Å². The highest BCUT2D eigenvalue weighted by atomic mass is 19.4. The summed E-state index contributed by atoms with van der Waals surface area (Å²) in [5.41, 5.74) is 0.972.